The summed E-state index contributed by atoms with van der Waals surface area (Å²) in [6, 6.07) is 6.65. The van der Waals surface area contributed by atoms with Crippen LogP contribution in [0.2, 0.25) is 0 Å². The maximum Gasteiger partial charge on any atom is 0.276 e. The van der Waals surface area contributed by atoms with Crippen LogP contribution in [0.25, 0.3) is 0 Å². The predicted octanol–water partition coefficient (Wildman–Crippen LogP) is 4.09. The Balaban J connectivity index is 1.73. The first-order valence-corrected chi connectivity index (χ1v) is 13.1. The highest BCUT2D eigenvalue weighted by molar-refractivity contribution is 5.95. The van der Waals surface area contributed by atoms with Crippen molar-refractivity contribution in [3.05, 3.63) is 64.1 Å². The lowest BCUT2D eigenvalue weighted by atomic mass is 10.1. The Morgan fingerprint density at radius 2 is 1.84 bits per heavy atom. The number of benzene rings is 1. The second kappa shape index (κ2) is 11.5. The summed E-state index contributed by atoms with van der Waals surface area (Å²) in [5.41, 5.74) is 3.99. The minimum Gasteiger partial charge on any atom is -0.361 e. The molecule has 1 aliphatic heterocycles. The maximum absolute atomic E-state index is 14.4. The summed E-state index contributed by atoms with van der Waals surface area (Å²) in [4.78, 5) is 32.3. The fraction of sp³-hybridized carbons (Fsp3) is 0.500. The minimum absolute atomic E-state index is 0.163. The van der Waals surface area contributed by atoms with Crippen LogP contribution in [-0.4, -0.2) is 68.8 Å². The molecule has 0 spiro atoms. The second-order valence-corrected chi connectivity index (χ2v) is 10.3. The maximum atomic E-state index is 14.4. The van der Waals surface area contributed by atoms with Crippen LogP contribution < -0.4 is 4.90 Å². The van der Waals surface area contributed by atoms with E-state index in [0.717, 1.165) is 24.4 Å². The molecular weight excluding hydrogens is 487 g/mol. The van der Waals surface area contributed by atoms with Crippen LogP contribution in [0.5, 0.6) is 0 Å². The zero-order valence-corrected chi connectivity index (χ0v) is 23.1. The van der Waals surface area contributed by atoms with Crippen molar-refractivity contribution in [1.29, 1.82) is 0 Å². The highest BCUT2D eigenvalue weighted by Crippen LogP contribution is 2.27. The van der Waals surface area contributed by atoms with E-state index in [-0.39, 0.29) is 30.1 Å². The van der Waals surface area contributed by atoms with Gasteiger partial charge in [-0.25, -0.2) is 4.39 Å². The normalized spacial score (nSPS) is 15.5. The van der Waals surface area contributed by atoms with Gasteiger partial charge < -0.3 is 14.3 Å². The summed E-state index contributed by atoms with van der Waals surface area (Å²) in [6.45, 7) is 14.3. The van der Waals surface area contributed by atoms with Crippen molar-refractivity contribution in [1.82, 2.24) is 24.7 Å². The molecule has 3 heterocycles. The number of carbonyl (C=O) groups excluding carboxylic acids is 2. The molecule has 4 rings (SSSR count). The van der Waals surface area contributed by atoms with Crippen molar-refractivity contribution in [3.8, 4) is 0 Å². The summed E-state index contributed by atoms with van der Waals surface area (Å²) in [5.74, 6) is -0.297. The molecule has 0 bridgehead atoms. The summed E-state index contributed by atoms with van der Waals surface area (Å²) in [5, 5.41) is 8.69. The Bertz CT molecular complexity index is 1310. The Morgan fingerprint density at radius 1 is 1.08 bits per heavy atom. The lowest BCUT2D eigenvalue weighted by Crippen LogP contribution is -2.41. The molecule has 0 saturated carbocycles. The zero-order chi connectivity index (χ0) is 27.6. The Kier molecular flexibility index (Phi) is 8.30. The molecule has 0 N–H and O–H groups in total. The fourth-order valence-corrected chi connectivity index (χ4v) is 5.02. The molecule has 38 heavy (non-hydrogen) atoms. The third-order valence-corrected chi connectivity index (χ3v) is 7.18. The van der Waals surface area contributed by atoms with Crippen LogP contribution in [0.4, 0.5) is 10.1 Å². The van der Waals surface area contributed by atoms with Gasteiger partial charge in [-0.1, -0.05) is 11.2 Å². The van der Waals surface area contributed by atoms with Crippen LogP contribution in [0.1, 0.15) is 66.0 Å². The smallest absolute Gasteiger partial charge is 0.276 e. The van der Waals surface area contributed by atoms with Crippen LogP contribution in [0.3, 0.4) is 0 Å². The Hall–Kier alpha value is -3.53. The van der Waals surface area contributed by atoms with E-state index in [4.69, 9.17) is 4.52 Å². The molecular formula is C28H37FN6O3. The molecule has 3 aromatic rings. The quantitative estimate of drug-likeness (QED) is 0.511. The van der Waals surface area contributed by atoms with E-state index >= 15 is 0 Å². The van der Waals surface area contributed by atoms with Crippen molar-refractivity contribution in [2.75, 3.05) is 31.1 Å². The fourth-order valence-electron chi connectivity index (χ4n) is 5.02. The van der Waals surface area contributed by atoms with Crippen LogP contribution >= 0.6 is 0 Å². The van der Waals surface area contributed by atoms with E-state index in [9.17, 15) is 14.0 Å². The number of aromatic nitrogens is 3. The number of halogens is 1. The third-order valence-electron chi connectivity index (χ3n) is 7.18. The monoisotopic (exact) mass is 524 g/mol. The average molecular weight is 525 g/mol. The average Bonchev–Trinajstić information content (AvgIpc) is 3.36. The van der Waals surface area contributed by atoms with Gasteiger partial charge in [-0.15, -0.1) is 0 Å². The number of fused-ring (bicyclic) bond motifs is 1. The predicted molar refractivity (Wildman–Crippen MR) is 143 cm³/mol. The Morgan fingerprint density at radius 3 is 2.50 bits per heavy atom. The van der Waals surface area contributed by atoms with Gasteiger partial charge in [0, 0.05) is 56.9 Å². The first-order valence-electron chi connectivity index (χ1n) is 13.1. The molecule has 2 amide bonds. The number of nitrogens with zero attached hydrogens (tertiary/aromatic N) is 6. The third kappa shape index (κ3) is 5.96. The standard InChI is InChI=1S/C28H37FN6O3/c1-18(2)32-10-7-11-34(22(6)36)26-15-24(29)9-8-23(26)16-33(13-12-32)28(37)27-25(21(5)38-31-27)17-35-20(4)14-19(3)30-35/h8-9,14-15,18H,7,10-13,16-17H2,1-6H3. The zero-order valence-electron chi connectivity index (χ0n) is 23.1. The van der Waals surface area contributed by atoms with Crippen LogP contribution in [0, 0.1) is 26.6 Å². The highest BCUT2D eigenvalue weighted by Gasteiger charge is 2.28. The topological polar surface area (TPSA) is 87.7 Å². The molecule has 0 atom stereocenters. The molecule has 204 valence electrons. The van der Waals surface area contributed by atoms with E-state index in [1.54, 1.807) is 22.8 Å². The largest absolute Gasteiger partial charge is 0.361 e. The van der Waals surface area contributed by atoms with Crippen molar-refractivity contribution in [2.24, 2.45) is 0 Å². The second-order valence-electron chi connectivity index (χ2n) is 10.3. The molecule has 0 unspecified atom stereocenters. The Labute approximate surface area is 223 Å². The van der Waals surface area contributed by atoms with Gasteiger partial charge in [-0.2, -0.15) is 5.10 Å². The SMILES string of the molecule is CC(=O)N1CCCN(C(C)C)CCN(C(=O)c2noc(C)c2Cn2nc(C)cc2C)Cc2ccc(F)cc21. The highest BCUT2D eigenvalue weighted by atomic mass is 19.1. The first kappa shape index (κ1) is 27.5. The number of anilines is 1. The molecule has 0 radical (unpaired) electrons. The van der Waals surface area contributed by atoms with Crippen LogP contribution in [-0.2, 0) is 17.9 Å². The molecule has 1 aromatic carbocycles. The molecule has 10 heteroatoms. The van der Waals surface area contributed by atoms with Crippen LogP contribution in [0.15, 0.2) is 28.8 Å². The van der Waals surface area contributed by atoms with E-state index in [2.05, 4.69) is 29.0 Å². The van der Waals surface area contributed by atoms with Crippen molar-refractivity contribution in [2.45, 2.75) is 67.1 Å². The summed E-state index contributed by atoms with van der Waals surface area (Å²) >= 11 is 0. The van der Waals surface area contributed by atoms with E-state index < -0.39 is 5.82 Å². The lowest BCUT2D eigenvalue weighted by molar-refractivity contribution is -0.116. The number of aryl methyl sites for hydroxylation is 3. The number of hydrogen-bond acceptors (Lipinski definition) is 6. The first-order chi connectivity index (χ1) is 18.0. The van der Waals surface area contributed by atoms with Gasteiger partial charge in [0.2, 0.25) is 5.91 Å². The van der Waals surface area contributed by atoms with Crippen molar-refractivity contribution in [3.63, 3.8) is 0 Å². The van der Waals surface area contributed by atoms with Gasteiger partial charge in [0.05, 0.1) is 17.9 Å². The van der Waals surface area contributed by atoms with E-state index in [1.807, 2.05) is 24.6 Å². The van der Waals surface area contributed by atoms with Crippen molar-refractivity contribution < 1.29 is 18.5 Å². The van der Waals surface area contributed by atoms with Gasteiger partial charge in [0.15, 0.2) is 5.69 Å². The number of hydrogen-bond donors (Lipinski definition) is 0. The van der Waals surface area contributed by atoms with Gasteiger partial charge in [-0.3, -0.25) is 19.2 Å². The van der Waals surface area contributed by atoms with Gasteiger partial charge >= 0.3 is 0 Å². The van der Waals surface area contributed by atoms with E-state index in [1.165, 1.54) is 19.1 Å². The molecule has 0 fully saturated rings. The van der Waals surface area contributed by atoms with Crippen molar-refractivity contribution >= 4 is 17.5 Å². The lowest BCUT2D eigenvalue weighted by Gasteiger charge is -2.30. The minimum atomic E-state index is -0.425. The number of carbonyl (C=O) groups is 2. The molecule has 1 aliphatic rings. The number of rotatable bonds is 4. The van der Waals surface area contributed by atoms with E-state index in [0.29, 0.717) is 48.8 Å². The summed E-state index contributed by atoms with van der Waals surface area (Å²) in [7, 11) is 0. The molecule has 2 aromatic heterocycles. The van der Waals surface area contributed by atoms with Gasteiger partial charge in [-0.05, 0) is 64.8 Å². The van der Waals surface area contributed by atoms with Gasteiger partial charge in [0.25, 0.3) is 5.91 Å². The van der Waals surface area contributed by atoms with Gasteiger partial charge in [0.1, 0.15) is 11.6 Å². The number of amides is 2. The molecule has 0 aliphatic carbocycles. The molecule has 9 nitrogen and oxygen atoms in total. The summed E-state index contributed by atoms with van der Waals surface area (Å²) < 4.78 is 21.7. The molecule has 0 saturated heterocycles. The summed E-state index contributed by atoms with van der Waals surface area (Å²) in [6.07, 6.45) is 0.733.